The molecule has 0 unspecified atom stereocenters. The number of ether oxygens (including phenoxy) is 2. The van der Waals surface area contributed by atoms with Crippen LogP contribution in [-0.4, -0.2) is 24.1 Å². The Balaban J connectivity index is 2.09. The van der Waals surface area contributed by atoms with Crippen LogP contribution in [0.3, 0.4) is 0 Å². The molecule has 0 fully saturated rings. The molecule has 0 radical (unpaired) electrons. The minimum Gasteiger partial charge on any atom is -0.490 e. The van der Waals surface area contributed by atoms with Crippen LogP contribution in [0.4, 0.5) is 5.69 Å². The normalized spacial score (nSPS) is 10.7. The van der Waals surface area contributed by atoms with E-state index >= 15 is 0 Å². The Labute approximate surface area is 169 Å². The number of hydrogen-bond acceptors (Lipinski definition) is 5. The minimum atomic E-state index is -0.282. The minimum absolute atomic E-state index is 0.0218. The highest BCUT2D eigenvalue weighted by Crippen LogP contribution is 2.29. The number of hydrogen-bond donors (Lipinski definition) is 2. The SMILES string of the molecule is CCOc1cc(/C=C(/C#N)C(N)=S)ccc1OCC(=O)Nc1ccc(C)cc1. The predicted octanol–water partition coefficient (Wildman–Crippen LogP) is 3.60. The molecule has 3 N–H and O–H groups in total. The van der Waals surface area contributed by atoms with Crippen molar-refractivity contribution >= 4 is 34.9 Å². The van der Waals surface area contributed by atoms with Crippen molar-refractivity contribution in [2.75, 3.05) is 18.5 Å². The number of benzene rings is 2. The van der Waals surface area contributed by atoms with E-state index in [0.29, 0.717) is 29.4 Å². The molecule has 2 aromatic rings. The third-order valence-corrected chi connectivity index (χ3v) is 3.88. The molecule has 0 heterocycles. The maximum Gasteiger partial charge on any atom is 0.262 e. The first kappa shape index (κ1) is 20.9. The summed E-state index contributed by atoms with van der Waals surface area (Å²) in [6.45, 7) is 4.06. The lowest BCUT2D eigenvalue weighted by Crippen LogP contribution is -2.20. The van der Waals surface area contributed by atoms with E-state index in [-0.39, 0.29) is 23.1 Å². The Morgan fingerprint density at radius 2 is 1.93 bits per heavy atom. The number of amides is 1. The van der Waals surface area contributed by atoms with Gasteiger partial charge in [0.15, 0.2) is 18.1 Å². The molecule has 2 rings (SSSR count). The highest BCUT2D eigenvalue weighted by atomic mass is 32.1. The van der Waals surface area contributed by atoms with Gasteiger partial charge in [-0.05, 0) is 49.8 Å². The molecule has 0 aromatic heterocycles. The first-order chi connectivity index (χ1) is 13.4. The smallest absolute Gasteiger partial charge is 0.262 e. The van der Waals surface area contributed by atoms with Gasteiger partial charge in [0.1, 0.15) is 11.1 Å². The van der Waals surface area contributed by atoms with Crippen LogP contribution in [0.25, 0.3) is 6.08 Å². The maximum atomic E-state index is 12.1. The van der Waals surface area contributed by atoms with E-state index in [1.165, 1.54) is 0 Å². The summed E-state index contributed by atoms with van der Waals surface area (Å²) < 4.78 is 11.2. The van der Waals surface area contributed by atoms with E-state index in [1.807, 2.05) is 44.2 Å². The number of thiocarbonyl (C=S) groups is 1. The lowest BCUT2D eigenvalue weighted by molar-refractivity contribution is -0.118. The molecule has 2 aromatic carbocycles. The Bertz CT molecular complexity index is 931. The van der Waals surface area contributed by atoms with Crippen LogP contribution in [0.1, 0.15) is 18.1 Å². The van der Waals surface area contributed by atoms with Crippen LogP contribution in [0.15, 0.2) is 48.0 Å². The second-order valence-corrected chi connectivity index (χ2v) is 6.32. The zero-order chi connectivity index (χ0) is 20.5. The summed E-state index contributed by atoms with van der Waals surface area (Å²) in [5.41, 5.74) is 8.21. The Morgan fingerprint density at radius 1 is 1.21 bits per heavy atom. The molecule has 0 saturated heterocycles. The van der Waals surface area contributed by atoms with Gasteiger partial charge in [0, 0.05) is 5.69 Å². The Morgan fingerprint density at radius 3 is 2.54 bits per heavy atom. The van der Waals surface area contributed by atoms with Crippen molar-refractivity contribution in [2.45, 2.75) is 13.8 Å². The summed E-state index contributed by atoms with van der Waals surface area (Å²) in [6.07, 6.45) is 1.57. The first-order valence-corrected chi connectivity index (χ1v) is 9.01. The number of nitriles is 1. The van der Waals surface area contributed by atoms with E-state index in [4.69, 9.17) is 32.7 Å². The largest absolute Gasteiger partial charge is 0.490 e. The second kappa shape index (κ2) is 10.1. The zero-order valence-electron chi connectivity index (χ0n) is 15.7. The van der Waals surface area contributed by atoms with Gasteiger partial charge < -0.3 is 20.5 Å². The first-order valence-electron chi connectivity index (χ1n) is 8.60. The molecule has 0 atom stereocenters. The van der Waals surface area contributed by atoms with E-state index < -0.39 is 0 Å². The number of carbonyl (C=O) groups is 1. The molecule has 144 valence electrons. The van der Waals surface area contributed by atoms with Crippen LogP contribution in [-0.2, 0) is 4.79 Å². The molecular weight excluding hydrogens is 374 g/mol. The van der Waals surface area contributed by atoms with Gasteiger partial charge >= 0.3 is 0 Å². The van der Waals surface area contributed by atoms with Crippen molar-refractivity contribution in [3.63, 3.8) is 0 Å². The lowest BCUT2D eigenvalue weighted by Gasteiger charge is -2.13. The topological polar surface area (TPSA) is 97.4 Å². The van der Waals surface area contributed by atoms with Crippen LogP contribution < -0.4 is 20.5 Å². The lowest BCUT2D eigenvalue weighted by atomic mass is 10.1. The monoisotopic (exact) mass is 395 g/mol. The van der Waals surface area contributed by atoms with Crippen molar-refractivity contribution in [2.24, 2.45) is 5.73 Å². The van der Waals surface area contributed by atoms with Crippen LogP contribution in [0.5, 0.6) is 11.5 Å². The fourth-order valence-corrected chi connectivity index (χ4v) is 2.41. The average molecular weight is 395 g/mol. The number of nitrogens with two attached hydrogens (primary N) is 1. The fraction of sp³-hybridized carbons (Fsp3) is 0.190. The molecule has 0 aliphatic carbocycles. The number of nitrogens with zero attached hydrogens (tertiary/aromatic N) is 1. The Kier molecular flexibility index (Phi) is 7.55. The summed E-state index contributed by atoms with van der Waals surface area (Å²) in [7, 11) is 0. The molecule has 1 amide bonds. The van der Waals surface area contributed by atoms with Gasteiger partial charge in [0.25, 0.3) is 5.91 Å². The van der Waals surface area contributed by atoms with Gasteiger partial charge in [-0.15, -0.1) is 0 Å². The van der Waals surface area contributed by atoms with Crippen LogP contribution in [0, 0.1) is 18.3 Å². The molecular formula is C21H21N3O3S. The highest BCUT2D eigenvalue weighted by molar-refractivity contribution is 7.80. The van der Waals surface area contributed by atoms with Gasteiger partial charge in [-0.3, -0.25) is 4.79 Å². The van der Waals surface area contributed by atoms with E-state index in [1.54, 1.807) is 24.3 Å². The Hall–Kier alpha value is -3.37. The molecule has 0 aliphatic rings. The third-order valence-electron chi connectivity index (χ3n) is 3.66. The third kappa shape index (κ3) is 6.11. The average Bonchev–Trinajstić information content (AvgIpc) is 2.67. The fourth-order valence-electron chi connectivity index (χ4n) is 2.30. The summed E-state index contributed by atoms with van der Waals surface area (Å²) in [5, 5.41) is 11.9. The van der Waals surface area contributed by atoms with E-state index in [9.17, 15) is 4.79 Å². The van der Waals surface area contributed by atoms with Gasteiger partial charge in [0.05, 0.1) is 12.2 Å². The molecule has 7 heteroatoms. The van der Waals surface area contributed by atoms with Crippen LogP contribution >= 0.6 is 12.2 Å². The zero-order valence-corrected chi connectivity index (χ0v) is 16.5. The molecule has 0 bridgehead atoms. The number of aryl methyl sites for hydroxylation is 1. The van der Waals surface area contributed by atoms with Crippen molar-refractivity contribution in [3.8, 4) is 17.6 Å². The predicted molar refractivity (Wildman–Crippen MR) is 113 cm³/mol. The van der Waals surface area contributed by atoms with Gasteiger partial charge in [-0.25, -0.2) is 0 Å². The van der Waals surface area contributed by atoms with Crippen molar-refractivity contribution in [1.82, 2.24) is 0 Å². The van der Waals surface area contributed by atoms with Crippen LogP contribution in [0.2, 0.25) is 0 Å². The summed E-state index contributed by atoms with van der Waals surface area (Å²) in [6, 6.07) is 14.5. The number of carbonyl (C=O) groups excluding carboxylic acids is 1. The van der Waals surface area contributed by atoms with E-state index in [2.05, 4.69) is 5.32 Å². The highest BCUT2D eigenvalue weighted by Gasteiger charge is 2.10. The standard InChI is InChI=1S/C21H21N3O3S/c1-3-26-19-11-15(10-16(12-22)21(23)28)6-9-18(19)27-13-20(25)24-17-7-4-14(2)5-8-17/h4-11H,3,13H2,1-2H3,(H2,23,28)(H,24,25)/b16-10-. The number of nitrogens with one attached hydrogen (secondary N) is 1. The molecule has 28 heavy (non-hydrogen) atoms. The van der Waals surface area contributed by atoms with Gasteiger partial charge in [-0.1, -0.05) is 36.0 Å². The van der Waals surface area contributed by atoms with Crippen molar-refractivity contribution in [1.29, 1.82) is 5.26 Å². The van der Waals surface area contributed by atoms with E-state index in [0.717, 1.165) is 5.56 Å². The summed E-state index contributed by atoms with van der Waals surface area (Å²) in [5.74, 6) is 0.599. The molecule has 0 saturated carbocycles. The summed E-state index contributed by atoms with van der Waals surface area (Å²) in [4.78, 5) is 12.1. The quantitative estimate of drug-likeness (QED) is 0.403. The van der Waals surface area contributed by atoms with Crippen molar-refractivity contribution in [3.05, 3.63) is 59.2 Å². The molecule has 0 spiro atoms. The van der Waals surface area contributed by atoms with Gasteiger partial charge in [0.2, 0.25) is 0 Å². The van der Waals surface area contributed by atoms with Gasteiger partial charge in [-0.2, -0.15) is 5.26 Å². The summed E-state index contributed by atoms with van der Waals surface area (Å²) >= 11 is 4.84. The number of anilines is 1. The molecule has 0 aliphatic heterocycles. The van der Waals surface area contributed by atoms with Crippen molar-refractivity contribution < 1.29 is 14.3 Å². The molecule has 6 nitrogen and oxygen atoms in total. The number of rotatable bonds is 8. The second-order valence-electron chi connectivity index (χ2n) is 5.88. The maximum absolute atomic E-state index is 12.1.